The average Bonchev–Trinajstić information content (AvgIpc) is 2.45. The first-order valence-electron chi connectivity index (χ1n) is 6.21. The van der Waals surface area contributed by atoms with E-state index in [9.17, 15) is 9.59 Å². The molecule has 4 heteroatoms. The van der Waals surface area contributed by atoms with E-state index >= 15 is 0 Å². The minimum atomic E-state index is -0.331. The largest absolute Gasteiger partial charge is 0.469 e. The zero-order valence-electron chi connectivity index (χ0n) is 11.3. The zero-order chi connectivity index (χ0) is 14.1. The molecular weight excluding hydrogens is 242 g/mol. The van der Waals surface area contributed by atoms with Gasteiger partial charge in [0.1, 0.15) is 0 Å². The molecule has 0 saturated heterocycles. The number of nitrogens with one attached hydrogen (secondary N) is 1. The summed E-state index contributed by atoms with van der Waals surface area (Å²) < 4.78 is 4.63. The van der Waals surface area contributed by atoms with Crippen molar-refractivity contribution in [3.05, 3.63) is 48.0 Å². The number of carbonyl (C=O) groups excluding carboxylic acids is 2. The summed E-state index contributed by atoms with van der Waals surface area (Å²) in [5.41, 5.74) is 0.581. The van der Waals surface area contributed by atoms with Gasteiger partial charge in [-0.15, -0.1) is 0 Å². The molecule has 0 aromatic heterocycles. The van der Waals surface area contributed by atoms with Crippen LogP contribution in [0, 0.1) is 0 Å². The van der Waals surface area contributed by atoms with Crippen LogP contribution < -0.4 is 5.32 Å². The lowest BCUT2D eigenvalue weighted by atomic mass is 10.1. The summed E-state index contributed by atoms with van der Waals surface area (Å²) in [5, 5.41) is 2.84. The Bertz CT molecular complexity index is 440. The highest BCUT2D eigenvalue weighted by Crippen LogP contribution is 2.05. The van der Waals surface area contributed by atoms with Crippen molar-refractivity contribution in [1.29, 1.82) is 0 Å². The molecule has 4 nitrogen and oxygen atoms in total. The fraction of sp³-hybridized carbons (Fsp3) is 0.333. The van der Waals surface area contributed by atoms with Crippen molar-refractivity contribution in [2.75, 3.05) is 7.11 Å². The second-order valence-corrected chi connectivity index (χ2v) is 4.12. The van der Waals surface area contributed by atoms with Gasteiger partial charge in [-0.1, -0.05) is 30.4 Å². The number of ether oxygens (including phenoxy) is 1. The second-order valence-electron chi connectivity index (χ2n) is 4.12. The monoisotopic (exact) mass is 261 g/mol. The molecule has 0 saturated carbocycles. The number of benzene rings is 1. The third-order valence-corrected chi connectivity index (χ3v) is 2.67. The van der Waals surface area contributed by atoms with Crippen LogP contribution in [-0.4, -0.2) is 25.0 Å². The highest BCUT2D eigenvalue weighted by atomic mass is 16.5. The molecule has 0 aliphatic heterocycles. The van der Waals surface area contributed by atoms with Crippen LogP contribution in [0.25, 0.3) is 0 Å². The smallest absolute Gasteiger partial charge is 0.307 e. The molecule has 0 aliphatic carbocycles. The van der Waals surface area contributed by atoms with Gasteiger partial charge >= 0.3 is 5.97 Å². The van der Waals surface area contributed by atoms with E-state index in [2.05, 4.69) is 10.1 Å². The Kier molecular flexibility index (Phi) is 6.36. The van der Waals surface area contributed by atoms with Crippen LogP contribution in [0.1, 0.15) is 30.1 Å². The van der Waals surface area contributed by atoms with Crippen LogP contribution >= 0.6 is 0 Å². The molecule has 0 bridgehead atoms. The zero-order valence-corrected chi connectivity index (χ0v) is 11.3. The second kappa shape index (κ2) is 8.08. The maximum absolute atomic E-state index is 12.0. The van der Waals surface area contributed by atoms with Gasteiger partial charge in [-0.3, -0.25) is 9.59 Å². The van der Waals surface area contributed by atoms with Crippen molar-refractivity contribution >= 4 is 11.9 Å². The summed E-state index contributed by atoms with van der Waals surface area (Å²) in [5.74, 6) is -0.512. The van der Waals surface area contributed by atoms with E-state index in [0.717, 1.165) is 0 Å². The lowest BCUT2D eigenvalue weighted by Gasteiger charge is -2.16. The Morgan fingerprint density at radius 1 is 1.32 bits per heavy atom. The number of carbonyl (C=O) groups is 2. The van der Waals surface area contributed by atoms with E-state index in [1.165, 1.54) is 7.11 Å². The Labute approximate surface area is 113 Å². The van der Waals surface area contributed by atoms with Gasteiger partial charge in [0.2, 0.25) is 0 Å². The Morgan fingerprint density at radius 2 is 2.00 bits per heavy atom. The standard InChI is InChI=1S/C15H19NO3/c1-3-4-10-13(11-14(17)19-2)16-15(18)12-8-6-5-7-9-12/h3-9,13H,10-11H2,1-2H3,(H,16,18)/b4-3+. The SMILES string of the molecule is C/C=C/CC(CC(=O)OC)NC(=O)c1ccccc1. The molecule has 1 atom stereocenters. The van der Waals surface area contributed by atoms with Gasteiger partial charge in [0.15, 0.2) is 0 Å². The average molecular weight is 261 g/mol. The van der Waals surface area contributed by atoms with Gasteiger partial charge < -0.3 is 10.1 Å². The first-order chi connectivity index (χ1) is 9.17. The molecule has 0 aliphatic rings. The van der Waals surface area contributed by atoms with Gasteiger partial charge in [-0.05, 0) is 25.5 Å². The van der Waals surface area contributed by atoms with E-state index in [-0.39, 0.29) is 24.3 Å². The van der Waals surface area contributed by atoms with Crippen LogP contribution in [0.2, 0.25) is 0 Å². The predicted molar refractivity (Wildman–Crippen MR) is 73.8 cm³/mol. The van der Waals surface area contributed by atoms with Crippen molar-refractivity contribution in [3.63, 3.8) is 0 Å². The van der Waals surface area contributed by atoms with Crippen molar-refractivity contribution < 1.29 is 14.3 Å². The first-order valence-corrected chi connectivity index (χ1v) is 6.21. The van der Waals surface area contributed by atoms with Gasteiger partial charge in [-0.25, -0.2) is 0 Å². The molecule has 1 rings (SSSR count). The molecule has 102 valence electrons. The van der Waals surface area contributed by atoms with E-state index in [0.29, 0.717) is 12.0 Å². The fourth-order valence-electron chi connectivity index (χ4n) is 1.64. The molecule has 1 unspecified atom stereocenters. The number of amides is 1. The van der Waals surface area contributed by atoms with Crippen LogP contribution in [0.3, 0.4) is 0 Å². The summed E-state index contributed by atoms with van der Waals surface area (Å²) in [7, 11) is 1.34. The van der Waals surface area contributed by atoms with Gasteiger partial charge in [0.25, 0.3) is 5.91 Å². The Hall–Kier alpha value is -2.10. The quantitative estimate of drug-likeness (QED) is 0.631. The van der Waals surface area contributed by atoms with Crippen LogP contribution in [-0.2, 0) is 9.53 Å². The van der Waals surface area contributed by atoms with Gasteiger partial charge in [-0.2, -0.15) is 0 Å². The van der Waals surface area contributed by atoms with Crippen molar-refractivity contribution in [2.24, 2.45) is 0 Å². The molecule has 0 radical (unpaired) electrons. The minimum absolute atomic E-state index is 0.166. The molecule has 1 aromatic rings. The highest BCUT2D eigenvalue weighted by molar-refractivity contribution is 5.94. The fourth-order valence-corrected chi connectivity index (χ4v) is 1.64. The maximum Gasteiger partial charge on any atom is 0.307 e. The predicted octanol–water partition coefficient (Wildman–Crippen LogP) is 2.31. The number of hydrogen-bond donors (Lipinski definition) is 1. The van der Waals surface area contributed by atoms with Crippen LogP contribution in [0.5, 0.6) is 0 Å². The minimum Gasteiger partial charge on any atom is -0.469 e. The number of allylic oxidation sites excluding steroid dienone is 1. The van der Waals surface area contributed by atoms with E-state index in [1.54, 1.807) is 24.3 Å². The van der Waals surface area contributed by atoms with Gasteiger partial charge in [0, 0.05) is 11.6 Å². The highest BCUT2D eigenvalue weighted by Gasteiger charge is 2.16. The van der Waals surface area contributed by atoms with Crippen molar-refractivity contribution in [2.45, 2.75) is 25.8 Å². The normalized spacial score (nSPS) is 12.1. The molecule has 1 amide bonds. The van der Waals surface area contributed by atoms with Crippen LogP contribution in [0.15, 0.2) is 42.5 Å². The topological polar surface area (TPSA) is 55.4 Å². The van der Waals surface area contributed by atoms with Gasteiger partial charge in [0.05, 0.1) is 13.5 Å². The molecule has 0 spiro atoms. The summed E-state index contributed by atoms with van der Waals surface area (Å²) in [6.45, 7) is 1.90. The summed E-state index contributed by atoms with van der Waals surface area (Å²) in [6.07, 6.45) is 4.57. The molecular formula is C15H19NO3. The Morgan fingerprint density at radius 3 is 2.58 bits per heavy atom. The van der Waals surface area contributed by atoms with E-state index in [1.807, 2.05) is 25.1 Å². The molecule has 19 heavy (non-hydrogen) atoms. The summed E-state index contributed by atoms with van der Waals surface area (Å²) >= 11 is 0. The van der Waals surface area contributed by atoms with E-state index < -0.39 is 0 Å². The maximum atomic E-state index is 12.0. The Balaban J connectivity index is 2.65. The van der Waals surface area contributed by atoms with E-state index in [4.69, 9.17) is 0 Å². The molecule has 1 aromatic carbocycles. The lowest BCUT2D eigenvalue weighted by Crippen LogP contribution is -2.36. The lowest BCUT2D eigenvalue weighted by molar-refractivity contribution is -0.141. The number of esters is 1. The number of hydrogen-bond acceptors (Lipinski definition) is 3. The molecule has 1 N–H and O–H groups in total. The molecule has 0 heterocycles. The third-order valence-electron chi connectivity index (χ3n) is 2.67. The number of methoxy groups -OCH3 is 1. The van der Waals surface area contributed by atoms with Crippen molar-refractivity contribution in [3.8, 4) is 0 Å². The molecule has 0 fully saturated rings. The van der Waals surface area contributed by atoms with Crippen molar-refractivity contribution in [1.82, 2.24) is 5.32 Å². The number of rotatable bonds is 6. The summed E-state index contributed by atoms with van der Waals surface area (Å²) in [6, 6.07) is 8.67. The first kappa shape index (κ1) is 15.0. The van der Waals surface area contributed by atoms with Crippen LogP contribution in [0.4, 0.5) is 0 Å². The third kappa shape index (κ3) is 5.38. The summed E-state index contributed by atoms with van der Waals surface area (Å²) in [4.78, 5) is 23.3.